The van der Waals surface area contributed by atoms with Crippen LogP contribution in [0.1, 0.15) is 23.2 Å². The Morgan fingerprint density at radius 3 is 2.73 bits per heavy atom. The highest BCUT2D eigenvalue weighted by molar-refractivity contribution is 14.1. The van der Waals surface area contributed by atoms with Gasteiger partial charge in [-0.25, -0.2) is 8.78 Å². The van der Waals surface area contributed by atoms with E-state index in [1.165, 1.54) is 6.20 Å². The zero-order valence-electron chi connectivity index (χ0n) is 7.48. The van der Waals surface area contributed by atoms with Gasteiger partial charge in [-0.15, -0.1) is 11.6 Å². The molecule has 0 aliphatic carbocycles. The van der Waals surface area contributed by atoms with Crippen LogP contribution in [0.3, 0.4) is 0 Å². The van der Waals surface area contributed by atoms with Crippen molar-refractivity contribution < 1.29 is 8.78 Å². The van der Waals surface area contributed by atoms with Gasteiger partial charge in [0.2, 0.25) is 0 Å². The van der Waals surface area contributed by atoms with Gasteiger partial charge in [0.25, 0.3) is 6.43 Å². The van der Waals surface area contributed by atoms with Crippen molar-refractivity contribution in [3.63, 3.8) is 0 Å². The third-order valence-electron chi connectivity index (χ3n) is 1.86. The minimum Gasteiger partial charge on any atom is -0.259 e. The van der Waals surface area contributed by atoms with Crippen molar-refractivity contribution in [1.82, 2.24) is 4.98 Å². The van der Waals surface area contributed by atoms with E-state index in [4.69, 9.17) is 16.9 Å². The molecular formula is C9H6ClF2IN2. The van der Waals surface area contributed by atoms with Gasteiger partial charge in [0.05, 0.1) is 18.2 Å². The lowest BCUT2D eigenvalue weighted by molar-refractivity contribution is 0.149. The number of nitrogens with zero attached hydrogens (tertiary/aromatic N) is 2. The fourth-order valence-electron chi connectivity index (χ4n) is 1.19. The number of aromatic nitrogens is 1. The maximum atomic E-state index is 12.8. The van der Waals surface area contributed by atoms with Crippen molar-refractivity contribution in [2.75, 3.05) is 0 Å². The molecule has 1 rings (SSSR count). The van der Waals surface area contributed by atoms with Gasteiger partial charge in [-0.3, -0.25) is 4.98 Å². The molecule has 0 aliphatic heterocycles. The van der Waals surface area contributed by atoms with Gasteiger partial charge < -0.3 is 0 Å². The van der Waals surface area contributed by atoms with Crippen LogP contribution < -0.4 is 0 Å². The average Bonchev–Trinajstić information content (AvgIpc) is 2.20. The average molecular weight is 343 g/mol. The molecule has 1 heterocycles. The fraction of sp³-hybridized carbons (Fsp3) is 0.333. The molecular weight excluding hydrogens is 336 g/mol. The summed E-state index contributed by atoms with van der Waals surface area (Å²) in [5.74, 6) is -0.00110. The number of alkyl halides is 3. The van der Waals surface area contributed by atoms with E-state index in [0.717, 1.165) is 0 Å². The maximum Gasteiger partial charge on any atom is 0.265 e. The predicted molar refractivity (Wildman–Crippen MR) is 60.8 cm³/mol. The number of hydrogen-bond acceptors (Lipinski definition) is 2. The number of hydrogen-bond donors (Lipinski definition) is 0. The van der Waals surface area contributed by atoms with Gasteiger partial charge in [-0.05, 0) is 28.2 Å². The minimum absolute atomic E-state index is 0.00110. The first-order chi connectivity index (χ1) is 7.11. The van der Waals surface area contributed by atoms with Crippen LogP contribution in [-0.2, 0) is 12.3 Å². The minimum atomic E-state index is -2.65. The smallest absolute Gasteiger partial charge is 0.259 e. The van der Waals surface area contributed by atoms with Crippen LogP contribution >= 0.6 is 34.2 Å². The topological polar surface area (TPSA) is 36.7 Å². The first kappa shape index (κ1) is 12.6. The highest BCUT2D eigenvalue weighted by Gasteiger charge is 2.20. The summed E-state index contributed by atoms with van der Waals surface area (Å²) >= 11 is 7.51. The Morgan fingerprint density at radius 1 is 1.60 bits per heavy atom. The van der Waals surface area contributed by atoms with E-state index >= 15 is 0 Å². The van der Waals surface area contributed by atoms with Crippen molar-refractivity contribution in [3.8, 4) is 6.07 Å². The summed E-state index contributed by atoms with van der Waals surface area (Å²) in [5.41, 5.74) is 0.287. The van der Waals surface area contributed by atoms with Crippen molar-refractivity contribution in [2.24, 2.45) is 0 Å². The number of nitriles is 1. The van der Waals surface area contributed by atoms with Crippen LogP contribution in [0.15, 0.2) is 6.20 Å². The quantitative estimate of drug-likeness (QED) is 0.623. The van der Waals surface area contributed by atoms with Crippen molar-refractivity contribution in [1.29, 1.82) is 5.26 Å². The maximum absolute atomic E-state index is 12.8. The third-order valence-corrected chi connectivity index (χ3v) is 3.05. The zero-order chi connectivity index (χ0) is 11.4. The van der Waals surface area contributed by atoms with Crippen molar-refractivity contribution >= 4 is 34.2 Å². The van der Waals surface area contributed by atoms with E-state index in [1.54, 1.807) is 0 Å². The molecule has 2 nitrogen and oxygen atoms in total. The summed E-state index contributed by atoms with van der Waals surface area (Å²) in [6.07, 6.45) is -1.32. The molecule has 0 aromatic carbocycles. The summed E-state index contributed by atoms with van der Waals surface area (Å²) in [7, 11) is 0. The Morgan fingerprint density at radius 2 is 2.27 bits per heavy atom. The molecule has 0 fully saturated rings. The predicted octanol–water partition coefficient (Wildman–Crippen LogP) is 3.43. The summed E-state index contributed by atoms with van der Waals surface area (Å²) < 4.78 is 26.1. The normalized spacial score (nSPS) is 10.4. The highest BCUT2D eigenvalue weighted by atomic mass is 127. The Balaban J connectivity index is 3.36. The number of rotatable bonds is 3. The second kappa shape index (κ2) is 5.56. The van der Waals surface area contributed by atoms with Crippen LogP contribution in [-0.4, -0.2) is 4.98 Å². The Labute approximate surface area is 104 Å². The standard InChI is InChI=1S/C9H6ClF2IN2/c10-3-5-6(13)4-15-7(1-2-14)8(5)9(11)12/h4,9H,1,3H2. The van der Waals surface area contributed by atoms with Gasteiger partial charge in [0.1, 0.15) is 0 Å². The summed E-state index contributed by atoms with van der Waals surface area (Å²) in [5, 5.41) is 8.49. The van der Waals surface area contributed by atoms with Crippen molar-refractivity contribution in [2.45, 2.75) is 18.7 Å². The van der Waals surface area contributed by atoms with Crippen LogP contribution in [0.25, 0.3) is 0 Å². The second-order valence-electron chi connectivity index (χ2n) is 2.71. The molecule has 1 aromatic heterocycles. The second-order valence-corrected chi connectivity index (χ2v) is 4.14. The molecule has 0 unspecified atom stereocenters. The SMILES string of the molecule is N#CCc1ncc(I)c(CCl)c1C(F)F. The summed E-state index contributed by atoms with van der Waals surface area (Å²) in [6, 6.07) is 1.81. The Kier molecular flexibility index (Phi) is 4.67. The molecule has 0 aliphatic rings. The van der Waals surface area contributed by atoms with Gasteiger partial charge in [0.15, 0.2) is 0 Å². The highest BCUT2D eigenvalue weighted by Crippen LogP contribution is 2.30. The monoisotopic (exact) mass is 342 g/mol. The van der Waals surface area contributed by atoms with Crippen LogP contribution in [0.2, 0.25) is 0 Å². The van der Waals surface area contributed by atoms with E-state index < -0.39 is 6.43 Å². The Hall–Kier alpha value is -0.480. The molecule has 6 heteroatoms. The third kappa shape index (κ3) is 2.75. The largest absolute Gasteiger partial charge is 0.265 e. The fourth-order valence-corrected chi connectivity index (χ4v) is 2.33. The molecule has 0 N–H and O–H groups in total. The van der Waals surface area contributed by atoms with E-state index in [2.05, 4.69) is 4.98 Å². The van der Waals surface area contributed by atoms with Crippen LogP contribution in [0.4, 0.5) is 8.78 Å². The van der Waals surface area contributed by atoms with Gasteiger partial charge in [-0.1, -0.05) is 0 Å². The molecule has 80 valence electrons. The molecule has 15 heavy (non-hydrogen) atoms. The van der Waals surface area contributed by atoms with E-state index in [1.807, 2.05) is 28.7 Å². The zero-order valence-corrected chi connectivity index (χ0v) is 10.4. The van der Waals surface area contributed by atoms with Gasteiger partial charge in [-0.2, -0.15) is 5.26 Å². The number of halogens is 4. The van der Waals surface area contributed by atoms with Crippen LogP contribution in [0.5, 0.6) is 0 Å². The van der Waals surface area contributed by atoms with E-state index in [0.29, 0.717) is 9.13 Å². The van der Waals surface area contributed by atoms with Crippen LogP contribution in [0, 0.1) is 14.9 Å². The molecule has 0 amide bonds. The van der Waals surface area contributed by atoms with E-state index in [-0.39, 0.29) is 23.6 Å². The molecule has 0 atom stereocenters. The molecule has 0 spiro atoms. The van der Waals surface area contributed by atoms with Gasteiger partial charge in [0, 0.05) is 21.2 Å². The molecule has 0 saturated heterocycles. The lowest BCUT2D eigenvalue weighted by Crippen LogP contribution is -2.04. The lowest BCUT2D eigenvalue weighted by atomic mass is 10.1. The van der Waals surface area contributed by atoms with E-state index in [9.17, 15) is 8.78 Å². The first-order valence-electron chi connectivity index (χ1n) is 3.99. The number of pyridine rings is 1. The molecule has 0 saturated carbocycles. The van der Waals surface area contributed by atoms with Crippen molar-refractivity contribution in [3.05, 3.63) is 26.6 Å². The molecule has 1 aromatic rings. The van der Waals surface area contributed by atoms with Gasteiger partial charge >= 0.3 is 0 Å². The Bertz CT molecular complexity index is 404. The lowest BCUT2D eigenvalue weighted by Gasteiger charge is -2.11. The molecule has 0 bridgehead atoms. The first-order valence-corrected chi connectivity index (χ1v) is 5.60. The summed E-state index contributed by atoms with van der Waals surface area (Å²) in [4.78, 5) is 3.83. The summed E-state index contributed by atoms with van der Waals surface area (Å²) in [6.45, 7) is 0. The molecule has 0 radical (unpaired) electrons.